The van der Waals surface area contributed by atoms with E-state index in [1.54, 1.807) is 12.2 Å². The van der Waals surface area contributed by atoms with Crippen LogP contribution in [-0.2, 0) is 33.5 Å². The summed E-state index contributed by atoms with van der Waals surface area (Å²) in [6.45, 7) is 0.00182. The van der Waals surface area contributed by atoms with E-state index in [0.29, 0.717) is 25.0 Å². The van der Waals surface area contributed by atoms with Crippen LogP contribution in [0.15, 0.2) is 12.2 Å². The Morgan fingerprint density at radius 1 is 1.11 bits per heavy atom. The van der Waals surface area contributed by atoms with E-state index in [9.17, 15) is 28.8 Å². The normalized spacial score (nSPS) is 28.9. The van der Waals surface area contributed by atoms with Crippen molar-refractivity contribution in [3.8, 4) is 0 Å². The van der Waals surface area contributed by atoms with Crippen molar-refractivity contribution in [1.29, 1.82) is 0 Å². The van der Waals surface area contributed by atoms with Crippen LogP contribution in [0.2, 0.25) is 0 Å². The molecule has 4 amide bonds. The number of carbonyl (C=O) groups is 6. The third-order valence-corrected chi connectivity index (χ3v) is 8.25. The van der Waals surface area contributed by atoms with E-state index < -0.39 is 59.3 Å². The van der Waals surface area contributed by atoms with Crippen LogP contribution in [0.4, 0.5) is 0 Å². The summed E-state index contributed by atoms with van der Waals surface area (Å²) in [6, 6.07) is -2.24. The Balaban J connectivity index is 1.92. The quantitative estimate of drug-likeness (QED) is 0.179. The topological polar surface area (TPSA) is 180 Å². The number of hydrogen-bond donors (Lipinski definition) is 5. The van der Waals surface area contributed by atoms with Gasteiger partial charge in [-0.25, -0.2) is 0 Å². The van der Waals surface area contributed by atoms with Crippen LogP contribution in [0.1, 0.15) is 44.9 Å². The molecule has 0 aromatic rings. The number of esters is 1. The molecular formula is C22H30N4O8S2. The summed E-state index contributed by atoms with van der Waals surface area (Å²) in [6.07, 6.45) is 2.96. The summed E-state index contributed by atoms with van der Waals surface area (Å²) in [5, 5.41) is 19.6. The van der Waals surface area contributed by atoms with Gasteiger partial charge in [0.1, 0.15) is 23.7 Å². The molecule has 198 valence electrons. The Bertz CT molecular complexity index is 924. The molecule has 3 rings (SSSR count). The molecule has 2 heterocycles. The van der Waals surface area contributed by atoms with Gasteiger partial charge in [-0.1, -0.05) is 27.7 Å². The van der Waals surface area contributed by atoms with Crippen molar-refractivity contribution < 1.29 is 38.6 Å². The first kappa shape index (κ1) is 27.8. The first-order chi connectivity index (χ1) is 17.2. The molecule has 0 aromatic carbocycles. The third-order valence-electron chi connectivity index (χ3n) is 5.80. The number of fused-ring (bicyclic) bond motifs is 7. The number of ether oxygens (including phenoxy) is 1. The number of allylic oxidation sites excluding steroid dienone is 1. The maximum Gasteiger partial charge on any atom is 0.308 e. The number of hydrogen-bond acceptors (Lipinski definition) is 9. The lowest BCUT2D eigenvalue weighted by Gasteiger charge is -2.25. The highest BCUT2D eigenvalue weighted by molar-refractivity contribution is 8.76. The molecule has 2 aliphatic heterocycles. The first-order valence-corrected chi connectivity index (χ1v) is 14.2. The largest absolute Gasteiger partial charge is 0.481 e. The molecule has 1 spiro atoms. The minimum Gasteiger partial charge on any atom is -0.481 e. The molecule has 0 aromatic heterocycles. The number of carboxylic acids is 1. The maximum absolute atomic E-state index is 13.1. The molecule has 3 atom stereocenters. The van der Waals surface area contributed by atoms with Crippen molar-refractivity contribution in [2.24, 2.45) is 0 Å². The number of amides is 4. The van der Waals surface area contributed by atoms with Gasteiger partial charge >= 0.3 is 11.9 Å². The molecule has 0 unspecified atom stereocenters. The zero-order valence-corrected chi connectivity index (χ0v) is 21.2. The second-order valence-electron chi connectivity index (χ2n) is 8.75. The first-order valence-electron chi connectivity index (χ1n) is 11.7. The SMILES string of the molecule is O=C(O)CC[C@H]1NC(=O)C[C@H]2/C=C/CCSSC[C@@H](NC1=O)C(=O)NC1(CC1)C(=O)NCCC(=O)O2. The number of carboxylic acid groups (broad SMARTS) is 1. The summed E-state index contributed by atoms with van der Waals surface area (Å²) >= 11 is 0. The van der Waals surface area contributed by atoms with Gasteiger partial charge in [-0.2, -0.15) is 0 Å². The Labute approximate surface area is 215 Å². The molecule has 36 heavy (non-hydrogen) atoms. The van der Waals surface area contributed by atoms with Crippen molar-refractivity contribution in [2.75, 3.05) is 18.1 Å². The third kappa shape index (κ3) is 8.43. The van der Waals surface area contributed by atoms with Gasteiger partial charge in [0, 0.05) is 24.5 Å². The van der Waals surface area contributed by atoms with Gasteiger partial charge in [-0.05, 0) is 31.8 Å². The zero-order valence-electron chi connectivity index (χ0n) is 19.6. The summed E-state index contributed by atoms with van der Waals surface area (Å²) in [7, 11) is 2.85. The van der Waals surface area contributed by atoms with Gasteiger partial charge in [-0.15, -0.1) is 0 Å². The molecule has 1 saturated heterocycles. The molecule has 1 saturated carbocycles. The number of rotatable bonds is 3. The summed E-state index contributed by atoms with van der Waals surface area (Å²) < 4.78 is 5.43. The van der Waals surface area contributed by atoms with Gasteiger partial charge in [0.2, 0.25) is 23.6 Å². The van der Waals surface area contributed by atoms with Gasteiger partial charge < -0.3 is 31.1 Å². The monoisotopic (exact) mass is 542 g/mol. The molecule has 1 aliphatic carbocycles. The smallest absolute Gasteiger partial charge is 0.308 e. The molecule has 0 radical (unpaired) electrons. The predicted octanol–water partition coefficient (Wildman–Crippen LogP) is -0.367. The van der Waals surface area contributed by atoms with Crippen molar-refractivity contribution >= 4 is 57.2 Å². The Morgan fingerprint density at radius 2 is 1.89 bits per heavy atom. The van der Waals surface area contributed by atoms with Gasteiger partial charge in [0.05, 0.1) is 12.8 Å². The van der Waals surface area contributed by atoms with Crippen molar-refractivity contribution in [3.63, 3.8) is 0 Å². The minimum atomic E-state index is -1.22. The lowest BCUT2D eigenvalue weighted by Crippen LogP contribution is -2.58. The van der Waals surface area contributed by atoms with E-state index in [1.165, 1.54) is 21.6 Å². The molecule has 14 heteroatoms. The van der Waals surface area contributed by atoms with Crippen LogP contribution in [-0.4, -0.2) is 82.5 Å². The van der Waals surface area contributed by atoms with Crippen LogP contribution in [0.25, 0.3) is 0 Å². The number of nitrogens with one attached hydrogen (secondary N) is 4. The van der Waals surface area contributed by atoms with Crippen LogP contribution < -0.4 is 21.3 Å². The van der Waals surface area contributed by atoms with Crippen LogP contribution >= 0.6 is 21.6 Å². The molecule has 3 aliphatic rings. The molecular weight excluding hydrogens is 512 g/mol. The zero-order chi connectivity index (χ0) is 26.1. The molecule has 12 nitrogen and oxygen atoms in total. The second kappa shape index (κ2) is 13.0. The summed E-state index contributed by atoms with van der Waals surface area (Å²) in [5.74, 6) is -3.21. The fourth-order valence-electron chi connectivity index (χ4n) is 3.65. The standard InChI is InChI=1S/C22H30N4O8S2/c27-16-11-13-3-1-2-10-35-36-12-15(25-19(31)14(24-16)4-5-17(28)29)20(32)26-22(7-8-22)21(33)23-9-6-18(30)34-13/h1,3,13-15H,2,4-12H2,(H,23,33)(H,24,27)(H,25,31)(H,26,32)(H,28,29)/b3-1+/t13-,14-,15-/m1/s1. The van der Waals surface area contributed by atoms with E-state index in [4.69, 9.17) is 9.84 Å². The number of aliphatic carboxylic acids is 1. The van der Waals surface area contributed by atoms with Gasteiger partial charge in [0.15, 0.2) is 0 Å². The predicted molar refractivity (Wildman–Crippen MR) is 132 cm³/mol. The Kier molecular flexibility index (Phi) is 10.0. The fourth-order valence-corrected chi connectivity index (χ4v) is 5.80. The lowest BCUT2D eigenvalue weighted by atomic mass is 10.1. The average molecular weight is 543 g/mol. The molecule has 2 fully saturated rings. The minimum absolute atomic E-state index is 0.00182. The Morgan fingerprint density at radius 3 is 2.61 bits per heavy atom. The van der Waals surface area contributed by atoms with Gasteiger partial charge in [0.25, 0.3) is 0 Å². The average Bonchev–Trinajstić information content (AvgIpc) is 3.59. The van der Waals surface area contributed by atoms with E-state index in [2.05, 4.69) is 21.3 Å². The molecule has 5 N–H and O–H groups in total. The maximum atomic E-state index is 13.1. The van der Waals surface area contributed by atoms with Crippen molar-refractivity contribution in [3.05, 3.63) is 12.2 Å². The van der Waals surface area contributed by atoms with Crippen molar-refractivity contribution in [2.45, 2.75) is 68.7 Å². The Hall–Kier alpha value is -2.74. The highest BCUT2D eigenvalue weighted by Gasteiger charge is 2.51. The second-order valence-corrected chi connectivity index (χ2v) is 11.4. The van der Waals surface area contributed by atoms with E-state index in [1.807, 2.05) is 0 Å². The van der Waals surface area contributed by atoms with E-state index in [0.717, 1.165) is 0 Å². The fraction of sp³-hybridized carbons (Fsp3) is 0.636. The highest BCUT2D eigenvalue weighted by atomic mass is 33.1. The summed E-state index contributed by atoms with van der Waals surface area (Å²) in [4.78, 5) is 75.1. The molecule has 2 bridgehead atoms. The van der Waals surface area contributed by atoms with Crippen molar-refractivity contribution in [1.82, 2.24) is 21.3 Å². The van der Waals surface area contributed by atoms with E-state index in [-0.39, 0.29) is 38.0 Å². The van der Waals surface area contributed by atoms with Gasteiger partial charge in [-0.3, -0.25) is 28.8 Å². The van der Waals surface area contributed by atoms with E-state index >= 15 is 0 Å². The highest BCUT2D eigenvalue weighted by Crippen LogP contribution is 2.36. The number of carbonyl (C=O) groups excluding carboxylic acids is 5. The van der Waals surface area contributed by atoms with Crippen LogP contribution in [0.3, 0.4) is 0 Å². The summed E-state index contributed by atoms with van der Waals surface area (Å²) in [5.41, 5.74) is -1.11. The lowest BCUT2D eigenvalue weighted by molar-refractivity contribution is -0.148. The van der Waals surface area contributed by atoms with Crippen LogP contribution in [0, 0.1) is 0 Å². The van der Waals surface area contributed by atoms with Crippen LogP contribution in [0.5, 0.6) is 0 Å².